The Morgan fingerprint density at radius 3 is 2.11 bits per heavy atom. The van der Waals surface area contributed by atoms with Crippen molar-refractivity contribution in [1.82, 2.24) is 0 Å². The fourth-order valence-electron chi connectivity index (χ4n) is 2.05. The standard InChI is InChI=1S/C16H14Cl2N2O6S/c1-25-16(22)20(12-2-4-14(5-3-12)27(19,23)24)15(21)9-26-13-7-10(17)6-11(18)8-13/h2-8H,9H2,1H3,(H2,19,23,24). The summed E-state index contributed by atoms with van der Waals surface area (Å²) in [5.41, 5.74) is 0.0759. The van der Waals surface area contributed by atoms with Crippen LogP contribution in [0, 0.1) is 0 Å². The molecule has 0 saturated heterocycles. The van der Waals surface area contributed by atoms with E-state index >= 15 is 0 Å². The maximum atomic E-state index is 12.5. The van der Waals surface area contributed by atoms with Gasteiger partial charge in [-0.25, -0.2) is 23.3 Å². The molecule has 0 bridgehead atoms. The Morgan fingerprint density at radius 1 is 1.07 bits per heavy atom. The Balaban J connectivity index is 2.22. The van der Waals surface area contributed by atoms with Crippen LogP contribution in [0.1, 0.15) is 0 Å². The quantitative estimate of drug-likeness (QED) is 0.775. The zero-order valence-corrected chi connectivity index (χ0v) is 16.2. The molecule has 0 radical (unpaired) electrons. The zero-order chi connectivity index (χ0) is 20.2. The number of sulfonamides is 1. The molecule has 0 aliphatic rings. The highest BCUT2D eigenvalue weighted by Crippen LogP contribution is 2.24. The minimum atomic E-state index is -3.92. The summed E-state index contributed by atoms with van der Waals surface area (Å²) in [7, 11) is -2.82. The van der Waals surface area contributed by atoms with Crippen LogP contribution < -0.4 is 14.8 Å². The molecule has 11 heteroatoms. The molecule has 0 fully saturated rings. The van der Waals surface area contributed by atoms with Gasteiger partial charge in [0, 0.05) is 10.0 Å². The summed E-state index contributed by atoms with van der Waals surface area (Å²) in [5.74, 6) is -0.531. The third-order valence-electron chi connectivity index (χ3n) is 3.23. The molecule has 0 aliphatic heterocycles. The van der Waals surface area contributed by atoms with E-state index in [0.29, 0.717) is 14.9 Å². The van der Waals surface area contributed by atoms with Crippen molar-refractivity contribution < 1.29 is 27.5 Å². The number of hydrogen-bond acceptors (Lipinski definition) is 6. The molecule has 0 spiro atoms. The van der Waals surface area contributed by atoms with Crippen LogP contribution >= 0.6 is 23.2 Å². The molecule has 2 aromatic carbocycles. The number of methoxy groups -OCH3 is 1. The number of amides is 2. The first-order chi connectivity index (χ1) is 12.6. The van der Waals surface area contributed by atoms with Gasteiger partial charge in [-0.15, -0.1) is 0 Å². The molecule has 0 aromatic heterocycles. The van der Waals surface area contributed by atoms with Gasteiger partial charge in [-0.05, 0) is 42.5 Å². The average molecular weight is 433 g/mol. The lowest BCUT2D eigenvalue weighted by Gasteiger charge is -2.20. The van der Waals surface area contributed by atoms with E-state index in [9.17, 15) is 18.0 Å². The van der Waals surface area contributed by atoms with E-state index in [1.165, 1.54) is 30.3 Å². The number of rotatable bonds is 5. The van der Waals surface area contributed by atoms with Crippen molar-refractivity contribution in [2.45, 2.75) is 4.90 Å². The number of hydrogen-bond donors (Lipinski definition) is 1. The van der Waals surface area contributed by atoms with Crippen LogP contribution in [0.25, 0.3) is 0 Å². The van der Waals surface area contributed by atoms with Crippen molar-refractivity contribution in [2.75, 3.05) is 18.6 Å². The van der Waals surface area contributed by atoms with Gasteiger partial charge < -0.3 is 9.47 Å². The van der Waals surface area contributed by atoms with Crippen LogP contribution in [0.3, 0.4) is 0 Å². The van der Waals surface area contributed by atoms with E-state index in [-0.39, 0.29) is 16.3 Å². The van der Waals surface area contributed by atoms with Crippen LogP contribution in [-0.4, -0.2) is 34.1 Å². The largest absolute Gasteiger partial charge is 0.484 e. The zero-order valence-electron chi connectivity index (χ0n) is 13.9. The van der Waals surface area contributed by atoms with Gasteiger partial charge >= 0.3 is 6.09 Å². The van der Waals surface area contributed by atoms with E-state index in [2.05, 4.69) is 4.74 Å². The predicted molar refractivity (Wildman–Crippen MR) is 99.7 cm³/mol. The predicted octanol–water partition coefficient (Wildman–Crippen LogP) is 2.82. The summed E-state index contributed by atoms with van der Waals surface area (Å²) in [4.78, 5) is 25.0. The van der Waals surface area contributed by atoms with Gasteiger partial charge in [-0.1, -0.05) is 23.2 Å². The lowest BCUT2D eigenvalue weighted by molar-refractivity contribution is -0.120. The van der Waals surface area contributed by atoms with Crippen molar-refractivity contribution in [3.8, 4) is 5.75 Å². The Kier molecular flexibility index (Phi) is 6.66. The second-order valence-electron chi connectivity index (χ2n) is 5.13. The molecule has 0 unspecified atom stereocenters. The monoisotopic (exact) mass is 432 g/mol. The maximum absolute atomic E-state index is 12.5. The number of carbonyl (C=O) groups is 2. The van der Waals surface area contributed by atoms with E-state index in [0.717, 1.165) is 19.2 Å². The Labute approximate surface area is 165 Å². The summed E-state index contributed by atoms with van der Waals surface area (Å²) in [6.45, 7) is -0.525. The van der Waals surface area contributed by atoms with E-state index < -0.39 is 28.6 Å². The molecular formula is C16H14Cl2N2O6S. The Morgan fingerprint density at radius 2 is 1.63 bits per heavy atom. The van der Waals surface area contributed by atoms with E-state index in [1.807, 2.05) is 0 Å². The van der Waals surface area contributed by atoms with Crippen LogP contribution in [0.2, 0.25) is 10.0 Å². The van der Waals surface area contributed by atoms with Crippen molar-refractivity contribution in [3.05, 3.63) is 52.5 Å². The minimum absolute atomic E-state index is 0.0759. The molecule has 8 nitrogen and oxygen atoms in total. The van der Waals surface area contributed by atoms with Crippen LogP contribution in [0.4, 0.5) is 10.5 Å². The normalized spacial score (nSPS) is 11.0. The number of carbonyl (C=O) groups excluding carboxylic acids is 2. The van der Waals surface area contributed by atoms with Gasteiger partial charge in [-0.3, -0.25) is 4.79 Å². The lowest BCUT2D eigenvalue weighted by Crippen LogP contribution is -2.40. The first-order valence-electron chi connectivity index (χ1n) is 7.24. The van der Waals surface area contributed by atoms with Crippen LogP contribution in [0.15, 0.2) is 47.4 Å². The van der Waals surface area contributed by atoms with Gasteiger partial charge in [0.05, 0.1) is 17.7 Å². The minimum Gasteiger partial charge on any atom is -0.484 e. The van der Waals surface area contributed by atoms with Gasteiger partial charge in [0.25, 0.3) is 5.91 Å². The molecule has 0 atom stereocenters. The second-order valence-corrected chi connectivity index (χ2v) is 7.57. The SMILES string of the molecule is COC(=O)N(C(=O)COc1cc(Cl)cc(Cl)c1)c1ccc(S(N)(=O)=O)cc1. The number of anilines is 1. The number of halogens is 2. The third-order valence-corrected chi connectivity index (χ3v) is 4.59. The molecule has 0 saturated carbocycles. The van der Waals surface area contributed by atoms with Gasteiger partial charge in [-0.2, -0.15) is 0 Å². The highest BCUT2D eigenvalue weighted by Gasteiger charge is 2.25. The summed E-state index contributed by atoms with van der Waals surface area (Å²) in [6, 6.07) is 9.19. The first kappa shape index (κ1) is 21.0. The molecule has 2 amide bonds. The topological polar surface area (TPSA) is 116 Å². The Hall–Kier alpha value is -2.33. The van der Waals surface area contributed by atoms with Crippen LogP contribution in [0.5, 0.6) is 5.75 Å². The molecule has 144 valence electrons. The number of benzene rings is 2. The van der Waals surface area contributed by atoms with Gasteiger partial charge in [0.1, 0.15) is 5.75 Å². The molecular weight excluding hydrogens is 419 g/mol. The number of primary sulfonamides is 1. The van der Waals surface area contributed by atoms with Gasteiger partial charge in [0.2, 0.25) is 10.0 Å². The van der Waals surface area contributed by atoms with Crippen LogP contribution in [-0.2, 0) is 19.6 Å². The van der Waals surface area contributed by atoms with Crippen molar-refractivity contribution >= 4 is 50.9 Å². The first-order valence-corrected chi connectivity index (χ1v) is 9.54. The Bertz CT molecular complexity index is 943. The molecule has 27 heavy (non-hydrogen) atoms. The van der Waals surface area contributed by atoms with E-state index in [4.69, 9.17) is 33.1 Å². The molecule has 2 rings (SSSR count). The van der Waals surface area contributed by atoms with E-state index in [1.54, 1.807) is 0 Å². The van der Waals surface area contributed by atoms with Crippen molar-refractivity contribution in [3.63, 3.8) is 0 Å². The molecule has 2 aromatic rings. The number of nitrogens with zero attached hydrogens (tertiary/aromatic N) is 1. The molecule has 2 N–H and O–H groups in total. The number of nitrogens with two attached hydrogens (primary N) is 1. The third kappa shape index (κ3) is 5.57. The lowest BCUT2D eigenvalue weighted by atomic mass is 10.3. The summed E-state index contributed by atoms with van der Waals surface area (Å²) >= 11 is 11.7. The van der Waals surface area contributed by atoms with Crippen molar-refractivity contribution in [2.24, 2.45) is 5.14 Å². The highest BCUT2D eigenvalue weighted by atomic mass is 35.5. The fraction of sp³-hybridized carbons (Fsp3) is 0.125. The summed E-state index contributed by atoms with van der Waals surface area (Å²) < 4.78 is 32.6. The smallest absolute Gasteiger partial charge is 0.421 e. The summed E-state index contributed by atoms with van der Waals surface area (Å²) in [6.07, 6.45) is -0.976. The maximum Gasteiger partial charge on any atom is 0.421 e. The highest BCUT2D eigenvalue weighted by molar-refractivity contribution is 7.89. The van der Waals surface area contributed by atoms with Gasteiger partial charge in [0.15, 0.2) is 6.61 Å². The second kappa shape index (κ2) is 8.57. The molecule has 0 aliphatic carbocycles. The summed E-state index contributed by atoms with van der Waals surface area (Å²) in [5, 5.41) is 5.65. The number of imide groups is 1. The van der Waals surface area contributed by atoms with Crippen molar-refractivity contribution in [1.29, 1.82) is 0 Å². The molecule has 0 heterocycles. The average Bonchev–Trinajstić information content (AvgIpc) is 2.59. The number of ether oxygens (including phenoxy) is 2. The fourth-order valence-corrected chi connectivity index (χ4v) is 3.07.